The van der Waals surface area contributed by atoms with Gasteiger partial charge in [0.05, 0.1) is 0 Å². The first-order valence-electron chi connectivity index (χ1n) is 15.4. The Hall–Kier alpha value is -3.88. The summed E-state index contributed by atoms with van der Waals surface area (Å²) in [6, 6.07) is 14.9. The Morgan fingerprint density at radius 3 is 1.95 bits per heavy atom. The fourth-order valence-electron chi connectivity index (χ4n) is 4.64. The van der Waals surface area contributed by atoms with Crippen molar-refractivity contribution in [1.82, 2.24) is 10.6 Å². The van der Waals surface area contributed by atoms with Crippen molar-refractivity contribution in [3.8, 4) is 0 Å². The lowest BCUT2D eigenvalue weighted by Gasteiger charge is -2.27. The minimum atomic E-state index is -1.17. The predicted octanol–water partition coefficient (Wildman–Crippen LogP) is 6.38. The van der Waals surface area contributed by atoms with Crippen LogP contribution in [0.3, 0.4) is 0 Å². The summed E-state index contributed by atoms with van der Waals surface area (Å²) in [5, 5.41) is 5.35. The summed E-state index contributed by atoms with van der Waals surface area (Å²) in [4.78, 5) is 52.2. The summed E-state index contributed by atoms with van der Waals surface area (Å²) in [7, 11) is 0. The number of ether oxygens (including phenoxy) is 3. The Morgan fingerprint density at radius 1 is 0.750 bits per heavy atom. The van der Waals surface area contributed by atoms with E-state index in [-0.39, 0.29) is 25.9 Å². The van der Waals surface area contributed by atoms with E-state index in [1.54, 1.807) is 41.5 Å². The Balaban J connectivity index is 2.27. The number of carbonyl (C=O) groups excluding carboxylic acids is 4. The van der Waals surface area contributed by atoms with E-state index in [0.29, 0.717) is 5.92 Å². The van der Waals surface area contributed by atoms with E-state index >= 15 is 0 Å². The monoisotopic (exact) mass is 610 g/mol. The molecule has 0 bridgehead atoms. The standard InChI is InChI=1S/C35H50N2O7/c1-9-26(10-2)27-18-14-17-25(21-27)22-29(32(40)44-35(6,7)8)36-31(39)28(19-20-30(38)43-34(3,4)5)37-33(41)42-23-24-15-12-11-13-16-24/h11-18,21,26,28-29H,9-10,19-20,22-23H2,1-8H3,(H,36,39)(H,37,41)/t28-,29-/m0/s1. The molecular formula is C35H50N2O7. The second-order valence-corrected chi connectivity index (χ2v) is 12.9. The Bertz CT molecular complexity index is 1230. The highest BCUT2D eigenvalue weighted by Crippen LogP contribution is 2.24. The van der Waals surface area contributed by atoms with Gasteiger partial charge in [0.15, 0.2) is 0 Å². The molecule has 0 radical (unpaired) electrons. The zero-order chi connectivity index (χ0) is 32.9. The molecular weight excluding hydrogens is 560 g/mol. The van der Waals surface area contributed by atoms with Crippen LogP contribution < -0.4 is 10.6 Å². The van der Waals surface area contributed by atoms with Gasteiger partial charge in [-0.3, -0.25) is 9.59 Å². The minimum absolute atomic E-state index is 0.000463. The molecule has 2 amide bonds. The molecule has 2 atom stereocenters. The highest BCUT2D eigenvalue weighted by Gasteiger charge is 2.31. The van der Waals surface area contributed by atoms with Crippen LogP contribution in [-0.4, -0.2) is 47.2 Å². The maximum Gasteiger partial charge on any atom is 0.408 e. The van der Waals surface area contributed by atoms with Gasteiger partial charge in [-0.05, 0) is 83.4 Å². The smallest absolute Gasteiger partial charge is 0.408 e. The van der Waals surface area contributed by atoms with Crippen LogP contribution in [0, 0.1) is 0 Å². The van der Waals surface area contributed by atoms with E-state index in [4.69, 9.17) is 14.2 Å². The van der Waals surface area contributed by atoms with Crippen molar-refractivity contribution in [3.63, 3.8) is 0 Å². The van der Waals surface area contributed by atoms with E-state index in [0.717, 1.165) is 24.0 Å². The quantitative estimate of drug-likeness (QED) is 0.188. The molecule has 2 rings (SSSR count). The maximum absolute atomic E-state index is 13.6. The molecule has 0 aliphatic heterocycles. The molecule has 9 heteroatoms. The van der Waals surface area contributed by atoms with Gasteiger partial charge in [0.2, 0.25) is 5.91 Å². The van der Waals surface area contributed by atoms with Gasteiger partial charge >= 0.3 is 18.0 Å². The molecule has 0 spiro atoms. The first-order chi connectivity index (χ1) is 20.6. The van der Waals surface area contributed by atoms with Crippen LogP contribution in [0.25, 0.3) is 0 Å². The van der Waals surface area contributed by atoms with Gasteiger partial charge < -0.3 is 24.8 Å². The van der Waals surface area contributed by atoms with Crippen molar-refractivity contribution in [2.45, 2.75) is 123 Å². The summed E-state index contributed by atoms with van der Waals surface area (Å²) in [6.07, 6.45) is 1.13. The first kappa shape index (κ1) is 36.3. The normalized spacial score (nSPS) is 13.0. The molecule has 0 aromatic heterocycles. The third-order valence-corrected chi connectivity index (χ3v) is 6.73. The van der Waals surface area contributed by atoms with Crippen LogP contribution in [-0.2, 0) is 41.6 Å². The molecule has 0 saturated carbocycles. The third kappa shape index (κ3) is 13.6. The van der Waals surface area contributed by atoms with E-state index in [1.807, 2.05) is 42.5 Å². The van der Waals surface area contributed by atoms with Gasteiger partial charge in [-0.2, -0.15) is 0 Å². The Kier molecular flexibility index (Phi) is 13.9. The number of carbonyl (C=O) groups is 4. The lowest BCUT2D eigenvalue weighted by molar-refractivity contribution is -0.159. The molecule has 242 valence electrons. The van der Waals surface area contributed by atoms with Crippen LogP contribution in [0.2, 0.25) is 0 Å². The van der Waals surface area contributed by atoms with Crippen molar-refractivity contribution in [2.75, 3.05) is 0 Å². The zero-order valence-electron chi connectivity index (χ0n) is 27.5. The molecule has 2 aromatic carbocycles. The van der Waals surface area contributed by atoms with Gasteiger partial charge in [0.1, 0.15) is 29.9 Å². The highest BCUT2D eigenvalue weighted by atomic mass is 16.6. The lowest BCUT2D eigenvalue weighted by atomic mass is 9.91. The number of nitrogens with one attached hydrogen (secondary N) is 2. The second-order valence-electron chi connectivity index (χ2n) is 12.9. The van der Waals surface area contributed by atoms with Gasteiger partial charge in [0, 0.05) is 12.8 Å². The fourth-order valence-corrected chi connectivity index (χ4v) is 4.64. The van der Waals surface area contributed by atoms with Crippen LogP contribution in [0.5, 0.6) is 0 Å². The van der Waals surface area contributed by atoms with E-state index < -0.39 is 47.2 Å². The van der Waals surface area contributed by atoms with E-state index in [1.165, 1.54) is 5.56 Å². The molecule has 0 aliphatic carbocycles. The fraction of sp³-hybridized carbons (Fsp3) is 0.543. The summed E-state index contributed by atoms with van der Waals surface area (Å²) in [5.74, 6) is -1.38. The maximum atomic E-state index is 13.6. The second kappa shape index (κ2) is 16.8. The molecule has 9 nitrogen and oxygen atoms in total. The molecule has 44 heavy (non-hydrogen) atoms. The number of benzene rings is 2. The Labute approximate surface area is 262 Å². The average molecular weight is 611 g/mol. The molecule has 0 aliphatic rings. The molecule has 0 unspecified atom stereocenters. The van der Waals surface area contributed by atoms with Crippen LogP contribution >= 0.6 is 0 Å². The minimum Gasteiger partial charge on any atom is -0.460 e. The van der Waals surface area contributed by atoms with Gasteiger partial charge in [-0.1, -0.05) is 68.4 Å². The predicted molar refractivity (Wildman–Crippen MR) is 170 cm³/mol. The van der Waals surface area contributed by atoms with Crippen molar-refractivity contribution in [3.05, 3.63) is 71.3 Å². The molecule has 0 fully saturated rings. The number of hydrogen-bond acceptors (Lipinski definition) is 7. The summed E-state index contributed by atoms with van der Waals surface area (Å²) in [5.41, 5.74) is 1.32. The summed E-state index contributed by atoms with van der Waals surface area (Å²) in [6.45, 7) is 14.8. The Morgan fingerprint density at radius 2 is 1.36 bits per heavy atom. The van der Waals surface area contributed by atoms with Gasteiger partial charge in [-0.15, -0.1) is 0 Å². The number of esters is 2. The van der Waals surface area contributed by atoms with Crippen molar-refractivity contribution >= 4 is 23.9 Å². The number of alkyl carbamates (subject to hydrolysis) is 1. The SMILES string of the molecule is CCC(CC)c1cccc(C[C@H](NC(=O)[C@H](CCC(=O)OC(C)(C)C)NC(=O)OCc2ccccc2)C(=O)OC(C)(C)C)c1. The number of amides is 2. The number of rotatable bonds is 14. The molecule has 0 heterocycles. The van der Waals surface area contributed by atoms with Crippen LogP contribution in [0.4, 0.5) is 4.79 Å². The third-order valence-electron chi connectivity index (χ3n) is 6.73. The molecule has 2 aromatic rings. The van der Waals surface area contributed by atoms with Crippen molar-refractivity contribution < 1.29 is 33.4 Å². The number of hydrogen-bond donors (Lipinski definition) is 2. The van der Waals surface area contributed by atoms with E-state index in [9.17, 15) is 19.2 Å². The largest absolute Gasteiger partial charge is 0.460 e. The molecule has 2 N–H and O–H groups in total. The summed E-state index contributed by atoms with van der Waals surface area (Å²) < 4.78 is 16.4. The van der Waals surface area contributed by atoms with Crippen molar-refractivity contribution in [1.29, 1.82) is 0 Å². The first-order valence-corrected chi connectivity index (χ1v) is 15.4. The summed E-state index contributed by atoms with van der Waals surface area (Å²) >= 11 is 0. The van der Waals surface area contributed by atoms with E-state index in [2.05, 4.69) is 36.6 Å². The van der Waals surface area contributed by atoms with Gasteiger partial charge in [-0.25, -0.2) is 9.59 Å². The van der Waals surface area contributed by atoms with Crippen molar-refractivity contribution in [2.24, 2.45) is 0 Å². The highest BCUT2D eigenvalue weighted by molar-refractivity contribution is 5.90. The zero-order valence-corrected chi connectivity index (χ0v) is 27.5. The van der Waals surface area contributed by atoms with Gasteiger partial charge in [0.25, 0.3) is 0 Å². The van der Waals surface area contributed by atoms with Crippen LogP contribution in [0.1, 0.15) is 104 Å². The topological polar surface area (TPSA) is 120 Å². The lowest BCUT2D eigenvalue weighted by Crippen LogP contribution is -2.53. The molecule has 0 saturated heterocycles. The average Bonchev–Trinajstić information content (AvgIpc) is 2.93. The van der Waals surface area contributed by atoms with Crippen LogP contribution in [0.15, 0.2) is 54.6 Å².